The van der Waals surface area contributed by atoms with Crippen LogP contribution in [-0.4, -0.2) is 33.3 Å². The third-order valence-corrected chi connectivity index (χ3v) is 7.03. The Bertz CT molecular complexity index is 1540. The van der Waals surface area contributed by atoms with Crippen molar-refractivity contribution in [1.29, 1.82) is 5.41 Å². The van der Waals surface area contributed by atoms with Gasteiger partial charge in [-0.05, 0) is 41.5 Å². The molecule has 0 saturated carbocycles. The molecule has 4 aromatic carbocycles. The molecule has 4 rings (SSSR count). The molecule has 194 valence electrons. The first-order valence-corrected chi connectivity index (χ1v) is 13.5. The summed E-state index contributed by atoms with van der Waals surface area (Å²) >= 11 is 0. The fraction of sp³-hybridized carbons (Fsp3) is 0.103. The Hall–Kier alpha value is -4.47. The van der Waals surface area contributed by atoms with Crippen molar-refractivity contribution in [3.8, 4) is 11.1 Å². The molecule has 0 saturated heterocycles. The van der Waals surface area contributed by atoms with Gasteiger partial charge in [0.1, 0.15) is 5.84 Å². The maximum atomic E-state index is 12.8. The predicted molar refractivity (Wildman–Crippen MR) is 151 cm³/mol. The molecule has 4 aromatic rings. The Labute approximate surface area is 222 Å². The quantitative estimate of drug-likeness (QED) is 0.184. The molecule has 0 aliphatic rings. The Morgan fingerprint density at radius 1 is 0.842 bits per heavy atom. The number of nitrogens with zero attached hydrogens (tertiary/aromatic N) is 1. The largest absolute Gasteiger partial charge is 0.384 e. The normalized spacial score (nSPS) is 11.1. The molecular weight excluding hydrogens is 498 g/mol. The van der Waals surface area contributed by atoms with E-state index in [-0.39, 0.29) is 16.6 Å². The van der Waals surface area contributed by atoms with Gasteiger partial charge in [0.05, 0.1) is 4.90 Å². The van der Waals surface area contributed by atoms with Gasteiger partial charge in [0, 0.05) is 42.0 Å². The van der Waals surface area contributed by atoms with Crippen LogP contribution in [-0.2, 0) is 16.6 Å². The molecule has 0 aliphatic heterocycles. The van der Waals surface area contributed by atoms with Crippen LogP contribution in [0.2, 0.25) is 0 Å². The van der Waals surface area contributed by atoms with Crippen molar-refractivity contribution < 1.29 is 13.2 Å². The van der Waals surface area contributed by atoms with Crippen LogP contribution in [0.3, 0.4) is 0 Å². The Morgan fingerprint density at radius 2 is 1.53 bits per heavy atom. The summed E-state index contributed by atoms with van der Waals surface area (Å²) in [5, 5.41) is 16.1. The standard InChI is InChI=1S/C29H29N5O3S/c30-28(31)24-9-6-10-25(19-24)34(20-21-7-2-1-3-8-21)18-17-33-29(35)23-15-13-22(14-16-23)26-11-4-5-12-27(26)38(32,36)37/h1-16,19H,17-18,20H2,(H3,30,31)(H,33,35)(H2,32,36,37). The maximum Gasteiger partial charge on any atom is 0.251 e. The fourth-order valence-electron chi connectivity index (χ4n) is 4.13. The van der Waals surface area contributed by atoms with Crippen LogP contribution in [0.5, 0.6) is 0 Å². The van der Waals surface area contributed by atoms with E-state index in [1.165, 1.54) is 6.07 Å². The number of amides is 1. The van der Waals surface area contributed by atoms with Gasteiger partial charge in [-0.15, -0.1) is 0 Å². The van der Waals surface area contributed by atoms with Gasteiger partial charge in [-0.1, -0.05) is 72.8 Å². The minimum Gasteiger partial charge on any atom is -0.384 e. The number of amidine groups is 1. The summed E-state index contributed by atoms with van der Waals surface area (Å²) in [6.45, 7) is 1.53. The van der Waals surface area contributed by atoms with Crippen molar-refractivity contribution in [2.75, 3.05) is 18.0 Å². The predicted octanol–water partition coefficient (Wildman–Crippen LogP) is 3.72. The Morgan fingerprint density at radius 3 is 2.21 bits per heavy atom. The number of benzene rings is 4. The van der Waals surface area contributed by atoms with Gasteiger partial charge >= 0.3 is 0 Å². The third kappa shape index (κ3) is 6.64. The number of hydrogen-bond donors (Lipinski definition) is 4. The van der Waals surface area contributed by atoms with E-state index in [2.05, 4.69) is 10.2 Å². The molecule has 0 bridgehead atoms. The lowest BCUT2D eigenvalue weighted by Crippen LogP contribution is -2.35. The summed E-state index contributed by atoms with van der Waals surface area (Å²) in [4.78, 5) is 15.0. The van der Waals surface area contributed by atoms with E-state index in [1.54, 1.807) is 48.5 Å². The molecule has 38 heavy (non-hydrogen) atoms. The van der Waals surface area contributed by atoms with Gasteiger partial charge in [-0.25, -0.2) is 13.6 Å². The van der Waals surface area contributed by atoms with Crippen LogP contribution in [0.15, 0.2) is 108 Å². The number of nitrogens with two attached hydrogens (primary N) is 2. The number of anilines is 1. The first-order chi connectivity index (χ1) is 18.2. The number of carbonyl (C=O) groups is 1. The molecule has 0 radical (unpaired) electrons. The minimum absolute atomic E-state index is 0.00468. The van der Waals surface area contributed by atoms with E-state index < -0.39 is 10.0 Å². The zero-order valence-electron chi connectivity index (χ0n) is 20.7. The van der Waals surface area contributed by atoms with Gasteiger partial charge in [-0.2, -0.15) is 0 Å². The maximum absolute atomic E-state index is 12.8. The highest BCUT2D eigenvalue weighted by molar-refractivity contribution is 7.89. The molecule has 0 atom stereocenters. The van der Waals surface area contributed by atoms with Crippen LogP contribution >= 0.6 is 0 Å². The van der Waals surface area contributed by atoms with E-state index in [0.717, 1.165) is 11.3 Å². The van der Waals surface area contributed by atoms with Gasteiger partial charge in [0.25, 0.3) is 5.91 Å². The summed E-state index contributed by atoms with van der Waals surface area (Å²) in [7, 11) is -3.88. The highest BCUT2D eigenvalue weighted by Gasteiger charge is 2.15. The van der Waals surface area contributed by atoms with Crippen LogP contribution in [0, 0.1) is 5.41 Å². The zero-order valence-corrected chi connectivity index (χ0v) is 21.5. The molecule has 8 nitrogen and oxygen atoms in total. The number of primary sulfonamides is 1. The second kappa shape index (κ2) is 11.7. The lowest BCUT2D eigenvalue weighted by molar-refractivity contribution is 0.0954. The first-order valence-electron chi connectivity index (χ1n) is 12.0. The summed E-state index contributed by atoms with van der Waals surface area (Å²) < 4.78 is 23.9. The highest BCUT2D eigenvalue weighted by Crippen LogP contribution is 2.26. The average molecular weight is 528 g/mol. The Kier molecular flexibility index (Phi) is 8.20. The molecule has 0 aromatic heterocycles. The molecule has 9 heteroatoms. The van der Waals surface area contributed by atoms with E-state index in [0.29, 0.717) is 41.9 Å². The van der Waals surface area contributed by atoms with E-state index in [9.17, 15) is 13.2 Å². The lowest BCUT2D eigenvalue weighted by Gasteiger charge is -2.26. The molecule has 0 aliphatic carbocycles. The minimum atomic E-state index is -3.88. The zero-order chi connectivity index (χ0) is 27.1. The van der Waals surface area contributed by atoms with Gasteiger partial charge < -0.3 is 16.0 Å². The summed E-state index contributed by atoms with van der Waals surface area (Å²) in [6, 6.07) is 30.7. The van der Waals surface area contributed by atoms with E-state index in [4.69, 9.17) is 16.3 Å². The monoisotopic (exact) mass is 527 g/mol. The van der Waals surface area contributed by atoms with Gasteiger partial charge in [0.2, 0.25) is 10.0 Å². The van der Waals surface area contributed by atoms with Gasteiger partial charge in [-0.3, -0.25) is 10.2 Å². The topological polar surface area (TPSA) is 142 Å². The number of nitrogen functional groups attached to an aromatic ring is 1. The number of carbonyl (C=O) groups excluding carboxylic acids is 1. The smallest absolute Gasteiger partial charge is 0.251 e. The number of hydrogen-bond acceptors (Lipinski definition) is 5. The van der Waals surface area contributed by atoms with Crippen LogP contribution in [0.4, 0.5) is 5.69 Å². The van der Waals surface area contributed by atoms with Crippen LogP contribution in [0.1, 0.15) is 21.5 Å². The second-order valence-corrected chi connectivity index (χ2v) is 10.3. The van der Waals surface area contributed by atoms with Crippen molar-refractivity contribution in [1.82, 2.24) is 5.32 Å². The summed E-state index contributed by atoms with van der Waals surface area (Å²) in [5.41, 5.74) is 9.91. The number of rotatable bonds is 10. The molecular formula is C29H29N5O3S. The fourth-order valence-corrected chi connectivity index (χ4v) is 4.89. The van der Waals surface area contributed by atoms with Crippen molar-refractivity contribution >= 4 is 27.5 Å². The van der Waals surface area contributed by atoms with Crippen molar-refractivity contribution in [2.24, 2.45) is 10.9 Å². The van der Waals surface area contributed by atoms with Crippen molar-refractivity contribution in [3.05, 3.63) is 120 Å². The molecule has 6 N–H and O–H groups in total. The number of nitrogens with one attached hydrogen (secondary N) is 2. The molecule has 1 amide bonds. The highest BCUT2D eigenvalue weighted by atomic mass is 32.2. The van der Waals surface area contributed by atoms with Gasteiger partial charge in [0.15, 0.2) is 0 Å². The Balaban J connectivity index is 1.45. The molecule has 0 unspecified atom stereocenters. The average Bonchev–Trinajstić information content (AvgIpc) is 2.92. The lowest BCUT2D eigenvalue weighted by atomic mass is 10.0. The van der Waals surface area contributed by atoms with E-state index in [1.807, 2.05) is 48.5 Å². The SMILES string of the molecule is N=C(N)c1cccc(N(CCNC(=O)c2ccc(-c3ccccc3S(N)(=O)=O)cc2)Cc2ccccc2)c1. The molecule has 0 spiro atoms. The van der Waals surface area contributed by atoms with Crippen LogP contribution in [0.25, 0.3) is 11.1 Å². The second-order valence-electron chi connectivity index (χ2n) is 8.75. The molecule has 0 heterocycles. The van der Waals surface area contributed by atoms with Crippen molar-refractivity contribution in [2.45, 2.75) is 11.4 Å². The van der Waals surface area contributed by atoms with E-state index >= 15 is 0 Å². The van der Waals surface area contributed by atoms with Crippen LogP contribution < -0.4 is 21.1 Å². The summed E-state index contributed by atoms with van der Waals surface area (Å²) in [5.74, 6) is -0.247. The number of sulfonamides is 1. The third-order valence-electron chi connectivity index (χ3n) is 6.06. The van der Waals surface area contributed by atoms with Crippen molar-refractivity contribution in [3.63, 3.8) is 0 Å². The molecule has 0 fully saturated rings. The summed E-state index contributed by atoms with van der Waals surface area (Å²) in [6.07, 6.45) is 0. The first kappa shape index (κ1) is 26.6.